The first kappa shape index (κ1) is 21.3. The molecule has 0 saturated heterocycles. The number of hydrogen-bond acceptors (Lipinski definition) is 5. The van der Waals surface area contributed by atoms with E-state index in [1.54, 1.807) is 24.3 Å². The molecule has 0 heterocycles. The highest BCUT2D eigenvalue weighted by molar-refractivity contribution is 6.39. The minimum absolute atomic E-state index is 0.136. The van der Waals surface area contributed by atoms with Crippen LogP contribution in [0.4, 0.5) is 5.69 Å². The first-order valence-corrected chi connectivity index (χ1v) is 9.26. The smallest absolute Gasteiger partial charge is 0.335 e. The topological polar surface area (TPSA) is 117 Å². The predicted octanol–water partition coefficient (Wildman–Crippen LogP) is 3.05. The van der Waals surface area contributed by atoms with Gasteiger partial charge in [0.15, 0.2) is 0 Å². The van der Waals surface area contributed by atoms with Crippen LogP contribution in [0.25, 0.3) is 0 Å². The van der Waals surface area contributed by atoms with Crippen molar-refractivity contribution in [1.82, 2.24) is 5.43 Å². The van der Waals surface area contributed by atoms with E-state index in [1.807, 2.05) is 30.3 Å². The number of hydrazone groups is 1. The highest BCUT2D eigenvalue weighted by atomic mass is 16.5. The first-order valence-electron chi connectivity index (χ1n) is 9.26. The number of hydrogen-bond donors (Lipinski definition) is 3. The van der Waals surface area contributed by atoms with Crippen molar-refractivity contribution < 1.29 is 24.2 Å². The lowest BCUT2D eigenvalue weighted by atomic mass is 10.1. The molecule has 0 atom stereocenters. The molecule has 0 radical (unpaired) electrons. The maximum Gasteiger partial charge on any atom is 0.335 e. The number of ether oxygens (including phenoxy) is 1. The molecule has 0 aliphatic heterocycles. The highest BCUT2D eigenvalue weighted by Gasteiger charge is 2.12. The van der Waals surface area contributed by atoms with Gasteiger partial charge in [-0.05, 0) is 47.5 Å². The summed E-state index contributed by atoms with van der Waals surface area (Å²) >= 11 is 0. The minimum atomic E-state index is -1.04. The standard InChI is InChI=1S/C23H19N3O5/c27-21(22(28)26-24-14-16-6-8-18(9-7-16)23(29)30)25-19-10-12-20(13-11-19)31-15-17-4-2-1-3-5-17/h1-14H,15H2,(H,25,27)(H,26,28)(H,29,30). The number of nitrogens with one attached hydrogen (secondary N) is 2. The second-order valence-electron chi connectivity index (χ2n) is 6.38. The fourth-order valence-electron chi connectivity index (χ4n) is 2.49. The summed E-state index contributed by atoms with van der Waals surface area (Å²) in [6.07, 6.45) is 1.30. The van der Waals surface area contributed by atoms with Gasteiger partial charge in [-0.15, -0.1) is 0 Å². The van der Waals surface area contributed by atoms with Crippen LogP contribution in [-0.4, -0.2) is 29.1 Å². The van der Waals surface area contributed by atoms with Crippen molar-refractivity contribution in [2.75, 3.05) is 5.32 Å². The van der Waals surface area contributed by atoms with E-state index in [-0.39, 0.29) is 5.56 Å². The average Bonchev–Trinajstić information content (AvgIpc) is 2.79. The molecule has 3 rings (SSSR count). The molecule has 0 bridgehead atoms. The molecule has 0 aliphatic carbocycles. The van der Waals surface area contributed by atoms with Gasteiger partial charge in [0.05, 0.1) is 11.8 Å². The molecule has 0 aromatic heterocycles. The largest absolute Gasteiger partial charge is 0.489 e. The lowest BCUT2D eigenvalue weighted by Gasteiger charge is -2.08. The predicted molar refractivity (Wildman–Crippen MR) is 115 cm³/mol. The van der Waals surface area contributed by atoms with Crippen molar-refractivity contribution >= 4 is 29.7 Å². The third-order valence-corrected chi connectivity index (χ3v) is 4.10. The van der Waals surface area contributed by atoms with E-state index in [1.165, 1.54) is 30.5 Å². The lowest BCUT2D eigenvalue weighted by Crippen LogP contribution is -2.32. The molecule has 2 amide bonds. The Hall–Kier alpha value is -4.46. The van der Waals surface area contributed by atoms with Crippen LogP contribution in [-0.2, 0) is 16.2 Å². The van der Waals surface area contributed by atoms with Gasteiger partial charge in [0.25, 0.3) is 0 Å². The summed E-state index contributed by atoms with van der Waals surface area (Å²) in [5, 5.41) is 15.0. The SMILES string of the molecule is O=C(NN=Cc1ccc(C(=O)O)cc1)C(=O)Nc1ccc(OCc2ccccc2)cc1. The molecule has 31 heavy (non-hydrogen) atoms. The zero-order valence-electron chi connectivity index (χ0n) is 16.3. The average molecular weight is 417 g/mol. The summed E-state index contributed by atoms with van der Waals surface area (Å²) in [6.45, 7) is 0.423. The van der Waals surface area contributed by atoms with Gasteiger partial charge in [-0.3, -0.25) is 9.59 Å². The number of anilines is 1. The molecule has 0 saturated carbocycles. The van der Waals surface area contributed by atoms with Crippen LogP contribution in [0.3, 0.4) is 0 Å². The number of aromatic carboxylic acids is 1. The number of carboxylic acids is 1. The van der Waals surface area contributed by atoms with Gasteiger partial charge in [0, 0.05) is 5.69 Å². The van der Waals surface area contributed by atoms with Crippen molar-refractivity contribution in [1.29, 1.82) is 0 Å². The summed E-state index contributed by atoms with van der Waals surface area (Å²) < 4.78 is 5.67. The number of carbonyl (C=O) groups excluding carboxylic acids is 2. The first-order chi connectivity index (χ1) is 15.0. The second kappa shape index (κ2) is 10.4. The number of benzene rings is 3. The van der Waals surface area contributed by atoms with Gasteiger partial charge in [-0.25, -0.2) is 10.2 Å². The van der Waals surface area contributed by atoms with Crippen LogP contribution in [0.2, 0.25) is 0 Å². The number of carbonyl (C=O) groups is 3. The quantitative estimate of drug-likeness (QED) is 0.310. The summed E-state index contributed by atoms with van der Waals surface area (Å²) in [7, 11) is 0. The van der Waals surface area contributed by atoms with E-state index in [0.29, 0.717) is 23.6 Å². The Labute approximate surface area is 178 Å². The van der Waals surface area contributed by atoms with E-state index in [4.69, 9.17) is 9.84 Å². The molecule has 3 N–H and O–H groups in total. The third-order valence-electron chi connectivity index (χ3n) is 4.10. The third kappa shape index (κ3) is 6.53. The van der Waals surface area contributed by atoms with Crippen LogP contribution < -0.4 is 15.5 Å². The molecular formula is C23H19N3O5. The number of rotatable bonds is 7. The summed E-state index contributed by atoms with van der Waals surface area (Å²) in [4.78, 5) is 34.7. The summed E-state index contributed by atoms with van der Waals surface area (Å²) in [6, 6.07) is 22.2. The fraction of sp³-hybridized carbons (Fsp3) is 0.0435. The molecular weight excluding hydrogens is 398 g/mol. The molecule has 8 nitrogen and oxygen atoms in total. The maximum atomic E-state index is 12.0. The van der Waals surface area contributed by atoms with Crippen molar-refractivity contribution in [2.24, 2.45) is 5.10 Å². The molecule has 0 spiro atoms. The van der Waals surface area contributed by atoms with Crippen LogP contribution >= 0.6 is 0 Å². The molecule has 0 unspecified atom stereocenters. The number of amides is 2. The summed E-state index contributed by atoms with van der Waals surface area (Å²) in [5.41, 5.74) is 4.29. The van der Waals surface area contributed by atoms with E-state index >= 15 is 0 Å². The molecule has 3 aromatic carbocycles. The minimum Gasteiger partial charge on any atom is -0.489 e. The molecule has 156 valence electrons. The monoisotopic (exact) mass is 417 g/mol. The Morgan fingerprint density at radius 2 is 1.55 bits per heavy atom. The Bertz CT molecular complexity index is 1080. The molecule has 3 aromatic rings. The highest BCUT2D eigenvalue weighted by Crippen LogP contribution is 2.17. The number of carboxylic acid groups (broad SMARTS) is 1. The molecule has 0 aliphatic rings. The van der Waals surface area contributed by atoms with Gasteiger partial charge in [-0.2, -0.15) is 5.10 Å². The Morgan fingerprint density at radius 3 is 2.19 bits per heavy atom. The lowest BCUT2D eigenvalue weighted by molar-refractivity contribution is -0.136. The van der Waals surface area contributed by atoms with E-state index < -0.39 is 17.8 Å². The second-order valence-corrected chi connectivity index (χ2v) is 6.38. The van der Waals surface area contributed by atoms with E-state index in [2.05, 4.69) is 15.8 Å². The van der Waals surface area contributed by atoms with Crippen molar-refractivity contribution in [3.05, 3.63) is 95.6 Å². The normalized spacial score (nSPS) is 10.5. The zero-order valence-corrected chi connectivity index (χ0v) is 16.3. The van der Waals surface area contributed by atoms with Gasteiger partial charge >= 0.3 is 17.8 Å². The van der Waals surface area contributed by atoms with Crippen molar-refractivity contribution in [3.8, 4) is 5.75 Å². The van der Waals surface area contributed by atoms with Gasteiger partial charge in [0.2, 0.25) is 0 Å². The Morgan fingerprint density at radius 1 is 0.871 bits per heavy atom. The summed E-state index contributed by atoms with van der Waals surface area (Å²) in [5.74, 6) is -2.23. The van der Waals surface area contributed by atoms with Gasteiger partial charge in [0.1, 0.15) is 12.4 Å². The Kier molecular flexibility index (Phi) is 7.10. The van der Waals surface area contributed by atoms with Crippen LogP contribution in [0.5, 0.6) is 5.75 Å². The van der Waals surface area contributed by atoms with Crippen LogP contribution in [0.15, 0.2) is 84.0 Å². The van der Waals surface area contributed by atoms with Gasteiger partial charge in [-0.1, -0.05) is 42.5 Å². The maximum absolute atomic E-state index is 12.0. The Balaban J connectivity index is 1.46. The van der Waals surface area contributed by atoms with E-state index in [0.717, 1.165) is 5.56 Å². The molecule has 0 fully saturated rings. The van der Waals surface area contributed by atoms with Crippen LogP contribution in [0, 0.1) is 0 Å². The number of nitrogens with zero attached hydrogens (tertiary/aromatic N) is 1. The van der Waals surface area contributed by atoms with Crippen LogP contribution in [0.1, 0.15) is 21.5 Å². The van der Waals surface area contributed by atoms with Crippen molar-refractivity contribution in [2.45, 2.75) is 6.61 Å². The molecule has 8 heteroatoms. The van der Waals surface area contributed by atoms with Gasteiger partial charge < -0.3 is 15.2 Å². The fourth-order valence-corrected chi connectivity index (χ4v) is 2.49. The van der Waals surface area contributed by atoms with E-state index in [9.17, 15) is 14.4 Å². The zero-order chi connectivity index (χ0) is 22.1. The van der Waals surface area contributed by atoms with Crippen molar-refractivity contribution in [3.63, 3.8) is 0 Å².